The molecule has 20 heavy (non-hydrogen) atoms. The molecule has 2 aromatic rings. The molecule has 2 aromatic carbocycles. The van der Waals surface area contributed by atoms with Crippen LogP contribution in [0, 0.1) is 0 Å². The summed E-state index contributed by atoms with van der Waals surface area (Å²) in [4.78, 5) is 0.202. The second kappa shape index (κ2) is 5.67. The van der Waals surface area contributed by atoms with E-state index in [2.05, 4.69) is 13.8 Å². The first-order valence-corrected chi connectivity index (χ1v) is 8.21. The molecular weight excluding hydrogens is 270 g/mol. The van der Waals surface area contributed by atoms with E-state index in [9.17, 15) is 8.42 Å². The van der Waals surface area contributed by atoms with Crippen molar-refractivity contribution in [1.82, 2.24) is 0 Å². The van der Waals surface area contributed by atoms with Gasteiger partial charge < -0.3 is 5.73 Å². The maximum atomic E-state index is 12.4. The summed E-state index contributed by atoms with van der Waals surface area (Å²) in [6.45, 7) is 4.22. The van der Waals surface area contributed by atoms with Gasteiger partial charge in [0, 0.05) is 0 Å². The zero-order valence-corrected chi connectivity index (χ0v) is 12.5. The van der Waals surface area contributed by atoms with E-state index >= 15 is 0 Å². The zero-order chi connectivity index (χ0) is 14.8. The van der Waals surface area contributed by atoms with Gasteiger partial charge in [0.2, 0.25) is 0 Å². The minimum atomic E-state index is -3.40. The third-order valence-electron chi connectivity index (χ3n) is 3.26. The van der Waals surface area contributed by atoms with E-state index in [1.807, 2.05) is 24.3 Å². The number of hydrogen-bond acceptors (Lipinski definition) is 3. The Balaban J connectivity index is 2.27. The van der Waals surface area contributed by atoms with Gasteiger partial charge >= 0.3 is 0 Å². The van der Waals surface area contributed by atoms with Crippen LogP contribution in [0.2, 0.25) is 0 Å². The molecule has 0 aliphatic rings. The van der Waals surface area contributed by atoms with Gasteiger partial charge in [-0.05, 0) is 29.2 Å². The summed E-state index contributed by atoms with van der Waals surface area (Å²) in [5.74, 6) is 0.407. The number of rotatable bonds is 4. The fraction of sp³-hybridized carbons (Fsp3) is 0.250. The topological polar surface area (TPSA) is 60.2 Å². The highest BCUT2D eigenvalue weighted by atomic mass is 32.2. The van der Waals surface area contributed by atoms with Gasteiger partial charge in [0.05, 0.1) is 16.3 Å². The molecule has 0 saturated carbocycles. The molecule has 2 N–H and O–H groups in total. The molecule has 0 spiro atoms. The number of sulfone groups is 1. The van der Waals surface area contributed by atoms with Gasteiger partial charge in [-0.25, -0.2) is 8.42 Å². The number of nitrogen functional groups attached to an aromatic ring is 1. The predicted octanol–water partition coefficient (Wildman–Crippen LogP) is 3.37. The van der Waals surface area contributed by atoms with E-state index in [-0.39, 0.29) is 10.6 Å². The first kappa shape index (κ1) is 14.6. The van der Waals surface area contributed by atoms with Crippen LogP contribution in [0.3, 0.4) is 0 Å². The van der Waals surface area contributed by atoms with E-state index in [1.165, 1.54) is 5.56 Å². The van der Waals surface area contributed by atoms with E-state index in [4.69, 9.17) is 5.73 Å². The molecular formula is C16H19NO2S. The lowest BCUT2D eigenvalue weighted by molar-refractivity contribution is 0.595. The van der Waals surface area contributed by atoms with Crippen LogP contribution in [0.15, 0.2) is 53.4 Å². The van der Waals surface area contributed by atoms with Crippen molar-refractivity contribution in [3.8, 4) is 0 Å². The zero-order valence-electron chi connectivity index (χ0n) is 11.7. The van der Waals surface area contributed by atoms with Crippen LogP contribution in [0.25, 0.3) is 0 Å². The maximum Gasteiger partial charge on any atom is 0.184 e. The van der Waals surface area contributed by atoms with Crippen LogP contribution in [-0.4, -0.2) is 8.42 Å². The second-order valence-electron chi connectivity index (χ2n) is 5.19. The third-order valence-corrected chi connectivity index (χ3v) is 5.01. The van der Waals surface area contributed by atoms with Crippen LogP contribution >= 0.6 is 0 Å². The summed E-state index contributed by atoms with van der Waals surface area (Å²) in [6, 6.07) is 14.3. The van der Waals surface area contributed by atoms with Crippen LogP contribution < -0.4 is 5.73 Å². The van der Waals surface area contributed by atoms with Crippen molar-refractivity contribution in [3.63, 3.8) is 0 Å². The van der Waals surface area contributed by atoms with Gasteiger partial charge in [0.15, 0.2) is 9.84 Å². The lowest BCUT2D eigenvalue weighted by Gasteiger charge is -2.09. The number of para-hydroxylation sites is 1. The van der Waals surface area contributed by atoms with Crippen molar-refractivity contribution >= 4 is 15.5 Å². The largest absolute Gasteiger partial charge is 0.398 e. The van der Waals surface area contributed by atoms with Crippen molar-refractivity contribution in [3.05, 3.63) is 59.7 Å². The molecule has 0 aromatic heterocycles. The molecule has 0 atom stereocenters. The SMILES string of the molecule is CC(C)c1ccc(CS(=O)(=O)c2ccccc2N)cc1. The quantitative estimate of drug-likeness (QED) is 0.878. The molecule has 0 amide bonds. The maximum absolute atomic E-state index is 12.4. The molecule has 0 aliphatic heterocycles. The summed E-state index contributed by atoms with van der Waals surface area (Å²) in [6.07, 6.45) is 0. The minimum Gasteiger partial charge on any atom is -0.398 e. The molecule has 4 heteroatoms. The van der Waals surface area contributed by atoms with Crippen LogP contribution in [0.4, 0.5) is 5.69 Å². The first-order valence-electron chi connectivity index (χ1n) is 6.56. The van der Waals surface area contributed by atoms with Gasteiger partial charge in [-0.3, -0.25) is 0 Å². The molecule has 2 rings (SSSR count). The van der Waals surface area contributed by atoms with Crippen molar-refractivity contribution < 1.29 is 8.42 Å². The van der Waals surface area contributed by atoms with Gasteiger partial charge in [-0.1, -0.05) is 50.2 Å². The standard InChI is InChI=1S/C16H19NO2S/c1-12(2)14-9-7-13(8-10-14)11-20(18,19)16-6-4-3-5-15(16)17/h3-10,12H,11,17H2,1-2H3. The highest BCUT2D eigenvalue weighted by Crippen LogP contribution is 2.23. The Labute approximate surface area is 120 Å². The Morgan fingerprint density at radius 2 is 1.60 bits per heavy atom. The second-order valence-corrected chi connectivity index (χ2v) is 7.15. The van der Waals surface area contributed by atoms with Crippen LogP contribution in [0.1, 0.15) is 30.9 Å². The summed E-state index contributed by atoms with van der Waals surface area (Å²) in [7, 11) is -3.40. The van der Waals surface area contributed by atoms with Crippen LogP contribution in [-0.2, 0) is 15.6 Å². The number of anilines is 1. The van der Waals surface area contributed by atoms with Gasteiger partial charge in [0.1, 0.15) is 0 Å². The Bertz CT molecular complexity index is 689. The van der Waals surface area contributed by atoms with E-state index in [0.717, 1.165) is 5.56 Å². The van der Waals surface area contributed by atoms with Crippen molar-refractivity contribution in [2.24, 2.45) is 0 Å². The highest BCUT2D eigenvalue weighted by molar-refractivity contribution is 7.90. The smallest absolute Gasteiger partial charge is 0.184 e. The molecule has 0 bridgehead atoms. The third kappa shape index (κ3) is 3.20. The Kier molecular flexibility index (Phi) is 4.14. The fourth-order valence-corrected chi connectivity index (χ4v) is 3.56. The predicted molar refractivity (Wildman–Crippen MR) is 82.3 cm³/mol. The average molecular weight is 289 g/mol. The summed E-state index contributed by atoms with van der Waals surface area (Å²) < 4.78 is 24.7. The summed E-state index contributed by atoms with van der Waals surface area (Å²) >= 11 is 0. The minimum absolute atomic E-state index is 0.0282. The van der Waals surface area contributed by atoms with Gasteiger partial charge in [0.25, 0.3) is 0 Å². The lowest BCUT2D eigenvalue weighted by atomic mass is 10.0. The lowest BCUT2D eigenvalue weighted by Crippen LogP contribution is -2.07. The molecule has 0 fully saturated rings. The van der Waals surface area contributed by atoms with E-state index in [0.29, 0.717) is 11.6 Å². The molecule has 0 saturated heterocycles. The molecule has 0 heterocycles. The van der Waals surface area contributed by atoms with Crippen molar-refractivity contribution in [1.29, 1.82) is 0 Å². The molecule has 106 valence electrons. The average Bonchev–Trinajstić information content (AvgIpc) is 2.39. The molecule has 0 radical (unpaired) electrons. The Morgan fingerprint density at radius 1 is 1.00 bits per heavy atom. The monoisotopic (exact) mass is 289 g/mol. The first-order chi connectivity index (χ1) is 9.40. The number of hydrogen-bond donors (Lipinski definition) is 1. The van der Waals surface area contributed by atoms with Crippen molar-refractivity contribution in [2.75, 3.05) is 5.73 Å². The molecule has 3 nitrogen and oxygen atoms in total. The number of benzene rings is 2. The summed E-state index contributed by atoms with van der Waals surface area (Å²) in [5, 5.41) is 0. The van der Waals surface area contributed by atoms with Crippen molar-refractivity contribution in [2.45, 2.75) is 30.4 Å². The van der Waals surface area contributed by atoms with E-state index in [1.54, 1.807) is 24.3 Å². The molecule has 0 aliphatic carbocycles. The number of nitrogens with two attached hydrogens (primary N) is 1. The van der Waals surface area contributed by atoms with Crippen LogP contribution in [0.5, 0.6) is 0 Å². The summed E-state index contributed by atoms with van der Waals surface area (Å²) in [5.41, 5.74) is 8.02. The van der Waals surface area contributed by atoms with Gasteiger partial charge in [-0.15, -0.1) is 0 Å². The molecule has 0 unspecified atom stereocenters. The van der Waals surface area contributed by atoms with E-state index < -0.39 is 9.84 Å². The van der Waals surface area contributed by atoms with Gasteiger partial charge in [-0.2, -0.15) is 0 Å². The Morgan fingerprint density at radius 3 is 2.15 bits per heavy atom. The Hall–Kier alpha value is -1.81. The normalized spacial score (nSPS) is 11.8. The fourth-order valence-electron chi connectivity index (χ4n) is 2.06. The highest BCUT2D eigenvalue weighted by Gasteiger charge is 2.17.